The Labute approximate surface area is 172 Å². The quantitative estimate of drug-likeness (QED) is 0.544. The van der Waals surface area contributed by atoms with E-state index in [0.29, 0.717) is 17.5 Å². The van der Waals surface area contributed by atoms with Gasteiger partial charge in [-0.25, -0.2) is 4.98 Å². The third-order valence-corrected chi connectivity index (χ3v) is 5.96. The Morgan fingerprint density at radius 1 is 1.10 bits per heavy atom. The monoisotopic (exact) mass is 399 g/mol. The zero-order valence-electron chi connectivity index (χ0n) is 16.5. The number of anilines is 1. The Kier molecular flexibility index (Phi) is 4.09. The van der Waals surface area contributed by atoms with Crippen molar-refractivity contribution in [2.24, 2.45) is 4.99 Å². The van der Waals surface area contributed by atoms with E-state index in [1.165, 1.54) is 6.42 Å². The highest BCUT2D eigenvalue weighted by molar-refractivity contribution is 6.06. The summed E-state index contributed by atoms with van der Waals surface area (Å²) in [5.41, 5.74) is 2.48. The van der Waals surface area contributed by atoms with Crippen LogP contribution in [-0.4, -0.2) is 55.9 Å². The number of aromatic nitrogens is 6. The van der Waals surface area contributed by atoms with Crippen LogP contribution in [0.25, 0.3) is 21.9 Å². The average molecular weight is 399 g/mol. The summed E-state index contributed by atoms with van der Waals surface area (Å²) in [6.45, 7) is 3.70. The van der Waals surface area contributed by atoms with Crippen molar-refractivity contribution < 1.29 is 0 Å². The van der Waals surface area contributed by atoms with Crippen LogP contribution in [0.5, 0.6) is 0 Å². The smallest absolute Gasteiger partial charge is 0.253 e. The van der Waals surface area contributed by atoms with Crippen LogP contribution in [0.2, 0.25) is 0 Å². The third kappa shape index (κ3) is 2.88. The minimum absolute atomic E-state index is 0.386. The summed E-state index contributed by atoms with van der Waals surface area (Å²) in [6, 6.07) is 8.64. The van der Waals surface area contributed by atoms with Crippen LogP contribution < -0.4 is 15.7 Å². The van der Waals surface area contributed by atoms with Crippen molar-refractivity contribution in [1.82, 2.24) is 35.0 Å². The fourth-order valence-corrected chi connectivity index (χ4v) is 4.18. The Hall–Kier alpha value is -3.51. The Balaban J connectivity index is 1.40. The molecule has 1 aliphatic heterocycles. The molecule has 30 heavy (non-hydrogen) atoms. The number of fused-ring (bicyclic) bond motifs is 3. The largest absolute Gasteiger partial charge is 0.346 e. The number of piperazine rings is 1. The molecule has 0 spiro atoms. The van der Waals surface area contributed by atoms with E-state index < -0.39 is 0 Å². The molecule has 0 bridgehead atoms. The van der Waals surface area contributed by atoms with E-state index in [1.54, 1.807) is 0 Å². The fourth-order valence-electron chi connectivity index (χ4n) is 4.18. The second-order valence-electron chi connectivity index (χ2n) is 7.75. The van der Waals surface area contributed by atoms with E-state index in [4.69, 9.17) is 4.98 Å². The molecule has 2 N–H and O–H groups in total. The molecule has 0 radical (unpaired) electrons. The van der Waals surface area contributed by atoms with Crippen LogP contribution in [0.15, 0.2) is 29.6 Å². The van der Waals surface area contributed by atoms with Gasteiger partial charge in [-0.1, -0.05) is 0 Å². The lowest BCUT2D eigenvalue weighted by Crippen LogP contribution is -2.44. The SMILES string of the molecule is c1c(N2CCNCC2)n[nH]/c(=N/c2ncc3c4ccncc4n(C4CCC4)c3n2)c#1. The number of nitrogens with one attached hydrogen (secondary N) is 2. The van der Waals surface area contributed by atoms with E-state index in [1.807, 2.05) is 24.7 Å². The van der Waals surface area contributed by atoms with Gasteiger partial charge in [0.2, 0.25) is 11.3 Å². The summed E-state index contributed by atoms with van der Waals surface area (Å²) in [4.78, 5) is 20.2. The maximum Gasteiger partial charge on any atom is 0.253 e. The number of rotatable bonds is 3. The minimum atomic E-state index is 0.386. The number of aromatic amines is 1. The topological polar surface area (TPSA) is 99.9 Å². The van der Waals surface area contributed by atoms with Crippen molar-refractivity contribution in [2.75, 3.05) is 31.1 Å². The molecule has 0 atom stereocenters. The third-order valence-electron chi connectivity index (χ3n) is 5.96. The summed E-state index contributed by atoms with van der Waals surface area (Å²) >= 11 is 0. The van der Waals surface area contributed by atoms with Crippen molar-refractivity contribution in [3.05, 3.63) is 42.3 Å². The molecular weight excluding hydrogens is 378 g/mol. The second kappa shape index (κ2) is 7.07. The highest BCUT2D eigenvalue weighted by atomic mass is 15.3. The number of hydrogen-bond donors (Lipinski definition) is 2. The van der Waals surface area contributed by atoms with Gasteiger partial charge < -0.3 is 14.8 Å². The van der Waals surface area contributed by atoms with E-state index in [0.717, 1.165) is 66.8 Å². The van der Waals surface area contributed by atoms with Crippen LogP contribution in [0, 0.1) is 12.1 Å². The zero-order chi connectivity index (χ0) is 19.9. The van der Waals surface area contributed by atoms with Crippen LogP contribution in [0.3, 0.4) is 0 Å². The Morgan fingerprint density at radius 2 is 2.00 bits per heavy atom. The summed E-state index contributed by atoms with van der Waals surface area (Å²) in [7, 11) is 0. The summed E-state index contributed by atoms with van der Waals surface area (Å²) in [5.74, 6) is 1.14. The standard InChI is InChI=1S/C21H21N9/c1-2-14(3-1)30-17-13-23-7-6-15(17)16-12-24-21(26-20(16)30)25-18-4-5-19(28-27-18)29-10-8-22-9-11-29/h6-7,12-14,22H,1-3,8-11H2,(H,24,25,26,27). The first-order valence-corrected chi connectivity index (χ1v) is 10.4. The van der Waals surface area contributed by atoms with Crippen LogP contribution in [0.1, 0.15) is 25.3 Å². The minimum Gasteiger partial charge on any atom is -0.346 e. The van der Waals surface area contributed by atoms with Gasteiger partial charge in [-0.15, -0.1) is 5.10 Å². The van der Waals surface area contributed by atoms with Crippen LogP contribution in [0.4, 0.5) is 11.8 Å². The maximum absolute atomic E-state index is 4.78. The lowest BCUT2D eigenvalue weighted by atomic mass is 9.93. The van der Waals surface area contributed by atoms with Crippen LogP contribution in [-0.2, 0) is 0 Å². The van der Waals surface area contributed by atoms with Gasteiger partial charge in [0.05, 0.1) is 11.7 Å². The van der Waals surface area contributed by atoms with E-state index in [-0.39, 0.29) is 0 Å². The van der Waals surface area contributed by atoms with Gasteiger partial charge in [-0.2, -0.15) is 9.98 Å². The molecule has 150 valence electrons. The lowest BCUT2D eigenvalue weighted by Gasteiger charge is -2.28. The maximum atomic E-state index is 4.78. The second-order valence-corrected chi connectivity index (χ2v) is 7.75. The van der Waals surface area contributed by atoms with E-state index in [2.05, 4.69) is 52.1 Å². The molecule has 9 heteroatoms. The molecule has 2 fully saturated rings. The number of nitrogens with zero attached hydrogens (tertiary/aromatic N) is 7. The average Bonchev–Trinajstić information content (AvgIpc) is 3.08. The van der Waals surface area contributed by atoms with Crippen molar-refractivity contribution in [2.45, 2.75) is 25.3 Å². The lowest BCUT2D eigenvalue weighted by molar-refractivity contribution is 0.327. The molecule has 1 aliphatic carbocycles. The molecule has 0 amide bonds. The molecule has 0 unspecified atom stereocenters. The molecule has 4 aromatic rings. The fraction of sp³-hybridized carbons (Fsp3) is 0.381. The summed E-state index contributed by atoms with van der Waals surface area (Å²) < 4.78 is 2.30. The molecule has 0 aromatic carbocycles. The van der Waals surface area contributed by atoms with Gasteiger partial charge in [-0.05, 0) is 37.5 Å². The van der Waals surface area contributed by atoms with Crippen LogP contribution >= 0.6 is 0 Å². The van der Waals surface area contributed by atoms with Crippen molar-refractivity contribution in [3.8, 4) is 0 Å². The molecular formula is C21H21N9. The van der Waals surface area contributed by atoms with Crippen molar-refractivity contribution in [1.29, 1.82) is 0 Å². The Bertz CT molecular complexity index is 1260. The van der Waals surface area contributed by atoms with Gasteiger partial charge in [0, 0.05) is 55.4 Å². The first-order valence-electron chi connectivity index (χ1n) is 10.4. The molecule has 2 aliphatic rings. The number of hydrogen-bond acceptors (Lipinski definition) is 7. The molecule has 6 rings (SSSR count). The predicted molar refractivity (Wildman–Crippen MR) is 112 cm³/mol. The molecule has 1 saturated heterocycles. The van der Waals surface area contributed by atoms with Crippen molar-refractivity contribution >= 4 is 33.7 Å². The van der Waals surface area contributed by atoms with Gasteiger partial charge in [0.1, 0.15) is 5.65 Å². The number of H-pyrrole nitrogens is 1. The van der Waals surface area contributed by atoms with E-state index in [9.17, 15) is 0 Å². The Morgan fingerprint density at radius 3 is 2.77 bits per heavy atom. The first-order chi connectivity index (χ1) is 14.9. The van der Waals surface area contributed by atoms with Gasteiger partial charge >= 0.3 is 0 Å². The summed E-state index contributed by atoms with van der Waals surface area (Å²) in [5, 5.41) is 12.8. The van der Waals surface area contributed by atoms with Crippen molar-refractivity contribution in [3.63, 3.8) is 0 Å². The van der Waals surface area contributed by atoms with E-state index >= 15 is 0 Å². The van der Waals surface area contributed by atoms with Gasteiger partial charge in [0.25, 0.3) is 5.95 Å². The van der Waals surface area contributed by atoms with Gasteiger partial charge in [0.15, 0.2) is 0 Å². The molecule has 5 heterocycles. The highest BCUT2D eigenvalue weighted by Gasteiger charge is 2.25. The molecule has 4 aromatic heterocycles. The predicted octanol–water partition coefficient (Wildman–Crippen LogP) is 1.67. The molecule has 9 nitrogen and oxygen atoms in total. The van der Waals surface area contributed by atoms with Gasteiger partial charge in [-0.3, -0.25) is 10.1 Å². The highest BCUT2D eigenvalue weighted by Crippen LogP contribution is 2.38. The zero-order valence-corrected chi connectivity index (χ0v) is 16.5. The molecule has 1 saturated carbocycles. The number of pyridine rings is 1. The summed E-state index contributed by atoms with van der Waals surface area (Å²) in [6.07, 6.45) is 9.17. The first kappa shape index (κ1) is 17.4. The normalized spacial score (nSPS) is 18.0.